The second-order valence-corrected chi connectivity index (χ2v) is 5.35. The molecule has 0 radical (unpaired) electrons. The Balaban J connectivity index is 3.18. The number of carbonyl (C=O) groups is 1. The molecule has 0 aromatic rings. The Morgan fingerprint density at radius 3 is 2.33 bits per heavy atom. The van der Waals surface area contributed by atoms with E-state index in [2.05, 4.69) is 0 Å². The normalized spacial score (nSPS) is 33.4. The van der Waals surface area contributed by atoms with E-state index in [1.165, 1.54) is 0 Å². The summed E-state index contributed by atoms with van der Waals surface area (Å²) in [5.41, 5.74) is 5.19. The molecule has 6 heteroatoms. The lowest BCUT2D eigenvalue weighted by Crippen LogP contribution is -2.49. The zero-order valence-corrected chi connectivity index (χ0v) is 7.30. The predicted molar refractivity (Wildman–Crippen MR) is 42.4 cm³/mol. The summed E-state index contributed by atoms with van der Waals surface area (Å²) in [7, 11) is -3.52. The van der Waals surface area contributed by atoms with Gasteiger partial charge in [0, 0.05) is 6.54 Å². The second kappa shape index (κ2) is 2.70. The van der Waals surface area contributed by atoms with Crippen molar-refractivity contribution >= 4 is 15.8 Å². The third-order valence-electron chi connectivity index (χ3n) is 2.31. The van der Waals surface area contributed by atoms with E-state index in [1.54, 1.807) is 0 Å². The molecular weight excluding hydrogens is 182 g/mol. The van der Waals surface area contributed by atoms with Crippen LogP contribution in [0.2, 0.25) is 0 Å². The van der Waals surface area contributed by atoms with Crippen molar-refractivity contribution in [1.29, 1.82) is 0 Å². The summed E-state index contributed by atoms with van der Waals surface area (Å²) in [6.07, 6.45) is 0.535. The van der Waals surface area contributed by atoms with Gasteiger partial charge in [0.05, 0.1) is 5.75 Å². The van der Waals surface area contributed by atoms with Crippen LogP contribution < -0.4 is 5.73 Å². The van der Waals surface area contributed by atoms with E-state index >= 15 is 0 Å². The maximum absolute atomic E-state index is 11.3. The molecule has 0 bridgehead atoms. The first-order valence-electron chi connectivity index (χ1n) is 3.62. The molecule has 0 aliphatic carbocycles. The smallest absolute Gasteiger partial charge is 0.326 e. The zero-order chi connectivity index (χ0) is 9.41. The van der Waals surface area contributed by atoms with E-state index in [1.807, 2.05) is 0 Å². The molecular formula is C6H11NO4S. The van der Waals surface area contributed by atoms with E-state index in [-0.39, 0.29) is 18.7 Å². The van der Waals surface area contributed by atoms with Crippen LogP contribution in [-0.2, 0) is 14.6 Å². The lowest BCUT2D eigenvalue weighted by molar-refractivity contribution is -0.139. The molecule has 1 rings (SSSR count). The largest absolute Gasteiger partial charge is 0.480 e. The third-order valence-corrected chi connectivity index (χ3v) is 4.87. The topological polar surface area (TPSA) is 97.5 Å². The molecule has 0 amide bonds. The fraction of sp³-hybridized carbons (Fsp3) is 0.833. The van der Waals surface area contributed by atoms with Gasteiger partial charge in [0.2, 0.25) is 0 Å². The molecule has 1 aliphatic heterocycles. The Bertz CT molecular complexity index is 297. The van der Waals surface area contributed by atoms with E-state index in [4.69, 9.17) is 10.8 Å². The summed E-state index contributed by atoms with van der Waals surface area (Å²) in [6, 6.07) is 0. The van der Waals surface area contributed by atoms with Crippen molar-refractivity contribution in [2.75, 3.05) is 12.3 Å². The fourth-order valence-corrected chi connectivity index (χ4v) is 3.35. The van der Waals surface area contributed by atoms with Crippen molar-refractivity contribution in [2.24, 2.45) is 5.73 Å². The molecule has 1 atom stereocenters. The monoisotopic (exact) mass is 193 g/mol. The molecule has 0 saturated carbocycles. The van der Waals surface area contributed by atoms with Gasteiger partial charge in [-0.1, -0.05) is 0 Å². The molecule has 1 fully saturated rings. The van der Waals surface area contributed by atoms with Crippen LogP contribution in [0.1, 0.15) is 12.8 Å². The molecule has 1 saturated heterocycles. The number of sulfone groups is 1. The van der Waals surface area contributed by atoms with E-state index in [0.717, 1.165) is 0 Å². The Morgan fingerprint density at radius 1 is 1.58 bits per heavy atom. The highest BCUT2D eigenvalue weighted by Crippen LogP contribution is 2.31. The van der Waals surface area contributed by atoms with Gasteiger partial charge in [-0.2, -0.15) is 0 Å². The van der Waals surface area contributed by atoms with Crippen molar-refractivity contribution in [3.8, 4) is 0 Å². The highest BCUT2D eigenvalue weighted by Gasteiger charge is 2.53. The Hall–Kier alpha value is -0.620. The van der Waals surface area contributed by atoms with E-state index in [0.29, 0.717) is 6.42 Å². The Kier molecular flexibility index (Phi) is 2.13. The summed E-state index contributed by atoms with van der Waals surface area (Å²) in [4.78, 5) is 10.7. The lowest BCUT2D eigenvalue weighted by Gasteiger charge is -2.19. The highest BCUT2D eigenvalue weighted by molar-refractivity contribution is 7.93. The van der Waals surface area contributed by atoms with Gasteiger partial charge in [-0.25, -0.2) is 8.42 Å². The van der Waals surface area contributed by atoms with Gasteiger partial charge in [-0.3, -0.25) is 4.79 Å². The molecule has 0 spiro atoms. The molecule has 1 aliphatic rings. The minimum Gasteiger partial charge on any atom is -0.480 e. The summed E-state index contributed by atoms with van der Waals surface area (Å²) in [5.74, 6) is -1.38. The third kappa shape index (κ3) is 1.02. The van der Waals surface area contributed by atoms with Crippen molar-refractivity contribution in [1.82, 2.24) is 0 Å². The second-order valence-electron chi connectivity index (χ2n) is 2.93. The minimum atomic E-state index is -3.52. The first-order valence-corrected chi connectivity index (χ1v) is 5.27. The van der Waals surface area contributed by atoms with Crippen LogP contribution in [0.15, 0.2) is 0 Å². The number of hydrogen-bond donors (Lipinski definition) is 2. The molecule has 12 heavy (non-hydrogen) atoms. The van der Waals surface area contributed by atoms with E-state index < -0.39 is 20.6 Å². The SMILES string of the molecule is NCC1(C(=O)O)CCCS1(=O)=O. The Labute approximate surface area is 70.5 Å². The fourth-order valence-electron chi connectivity index (χ4n) is 1.45. The van der Waals surface area contributed by atoms with Crippen molar-refractivity contribution in [2.45, 2.75) is 17.6 Å². The quantitative estimate of drug-likeness (QED) is 0.584. The van der Waals surface area contributed by atoms with Gasteiger partial charge >= 0.3 is 5.97 Å². The van der Waals surface area contributed by atoms with Crippen LogP contribution in [0.4, 0.5) is 0 Å². The van der Waals surface area contributed by atoms with Crippen LogP contribution in [-0.4, -0.2) is 36.5 Å². The number of aliphatic carboxylic acids is 1. The van der Waals surface area contributed by atoms with Crippen LogP contribution in [0.5, 0.6) is 0 Å². The van der Waals surface area contributed by atoms with Crippen molar-refractivity contribution in [3.05, 3.63) is 0 Å². The van der Waals surface area contributed by atoms with Crippen LogP contribution in [0, 0.1) is 0 Å². The molecule has 1 unspecified atom stereocenters. The molecule has 0 aromatic carbocycles. The number of hydrogen-bond acceptors (Lipinski definition) is 4. The van der Waals surface area contributed by atoms with Gasteiger partial charge in [0.15, 0.2) is 14.6 Å². The average Bonchev–Trinajstić information content (AvgIpc) is 2.25. The van der Waals surface area contributed by atoms with Crippen LogP contribution in [0.3, 0.4) is 0 Å². The van der Waals surface area contributed by atoms with E-state index in [9.17, 15) is 13.2 Å². The van der Waals surface area contributed by atoms with Gasteiger partial charge in [0.1, 0.15) is 0 Å². The summed E-state index contributed by atoms with van der Waals surface area (Å²) >= 11 is 0. The zero-order valence-electron chi connectivity index (χ0n) is 6.49. The minimum absolute atomic E-state index is 0.0590. The number of carboxylic acid groups (broad SMARTS) is 1. The molecule has 5 nitrogen and oxygen atoms in total. The van der Waals surface area contributed by atoms with Crippen LogP contribution >= 0.6 is 0 Å². The van der Waals surface area contributed by atoms with Gasteiger partial charge in [-0.05, 0) is 12.8 Å². The number of nitrogens with two attached hydrogens (primary N) is 1. The summed E-state index contributed by atoms with van der Waals surface area (Å²) in [6.45, 7) is -0.329. The van der Waals surface area contributed by atoms with Gasteiger partial charge in [0.25, 0.3) is 0 Å². The molecule has 3 N–H and O–H groups in total. The first-order chi connectivity index (χ1) is 5.46. The first kappa shape index (κ1) is 9.47. The van der Waals surface area contributed by atoms with Crippen LogP contribution in [0.25, 0.3) is 0 Å². The molecule has 0 aromatic heterocycles. The van der Waals surface area contributed by atoms with Crippen molar-refractivity contribution in [3.63, 3.8) is 0 Å². The van der Waals surface area contributed by atoms with Gasteiger partial charge < -0.3 is 10.8 Å². The summed E-state index contributed by atoms with van der Waals surface area (Å²) < 4.78 is 20.9. The highest BCUT2D eigenvalue weighted by atomic mass is 32.2. The average molecular weight is 193 g/mol. The van der Waals surface area contributed by atoms with Crippen molar-refractivity contribution < 1.29 is 18.3 Å². The van der Waals surface area contributed by atoms with Gasteiger partial charge in [-0.15, -0.1) is 0 Å². The summed E-state index contributed by atoms with van der Waals surface area (Å²) in [5, 5.41) is 8.74. The standard InChI is InChI=1S/C6H11NO4S/c7-4-6(5(8)9)2-1-3-12(6,10)11/h1-4,7H2,(H,8,9). The number of carboxylic acids is 1. The number of rotatable bonds is 2. The Morgan fingerprint density at radius 2 is 2.17 bits per heavy atom. The molecule has 1 heterocycles. The molecule has 70 valence electrons. The lowest BCUT2D eigenvalue weighted by atomic mass is 10.0. The predicted octanol–water partition coefficient (Wildman–Crippen LogP) is -1.02. The maximum Gasteiger partial charge on any atom is 0.326 e. The maximum atomic E-state index is 11.3.